The first kappa shape index (κ1) is 15.6. The van der Waals surface area contributed by atoms with E-state index in [2.05, 4.69) is 23.9 Å². The van der Waals surface area contributed by atoms with Crippen LogP contribution in [-0.4, -0.2) is 20.5 Å². The molecular formula is C12H22N2O2S2. The lowest BCUT2D eigenvalue weighted by molar-refractivity contribution is 0.557. The molecule has 6 heteroatoms. The average molecular weight is 290 g/mol. The largest absolute Gasteiger partial charge is 0.310 e. The van der Waals surface area contributed by atoms with E-state index in [0.29, 0.717) is 16.8 Å². The highest BCUT2D eigenvalue weighted by atomic mass is 32.2. The van der Waals surface area contributed by atoms with Gasteiger partial charge in [0.25, 0.3) is 0 Å². The summed E-state index contributed by atoms with van der Waals surface area (Å²) in [5, 5.41) is 5.16. The standard InChI is InChI=1S/C12H22N2O2S2/c1-5-10(4)14-18(15,16)12-6-11(8-17-12)7-13-9(2)3/h6,8-10,13-14H,5,7H2,1-4H3. The molecule has 1 rings (SSSR count). The van der Waals surface area contributed by atoms with Crippen LogP contribution in [-0.2, 0) is 16.6 Å². The average Bonchev–Trinajstić information content (AvgIpc) is 2.75. The quantitative estimate of drug-likeness (QED) is 0.810. The Kier molecular flexibility index (Phi) is 5.78. The van der Waals surface area contributed by atoms with Crippen LogP contribution in [0.5, 0.6) is 0 Å². The summed E-state index contributed by atoms with van der Waals surface area (Å²) in [4.78, 5) is 0. The van der Waals surface area contributed by atoms with Gasteiger partial charge in [0, 0.05) is 18.6 Å². The van der Waals surface area contributed by atoms with Crippen molar-refractivity contribution in [3.8, 4) is 0 Å². The predicted octanol–water partition coefficient (Wildman–Crippen LogP) is 2.32. The van der Waals surface area contributed by atoms with E-state index in [1.54, 1.807) is 6.07 Å². The van der Waals surface area contributed by atoms with Crippen LogP contribution in [0.1, 0.15) is 39.7 Å². The number of sulfonamides is 1. The monoisotopic (exact) mass is 290 g/mol. The van der Waals surface area contributed by atoms with Gasteiger partial charge in [-0.05, 0) is 30.4 Å². The summed E-state index contributed by atoms with van der Waals surface area (Å²) in [6.07, 6.45) is 0.784. The van der Waals surface area contributed by atoms with E-state index >= 15 is 0 Å². The maximum absolute atomic E-state index is 12.0. The maximum Gasteiger partial charge on any atom is 0.250 e. The van der Waals surface area contributed by atoms with Crippen molar-refractivity contribution in [2.75, 3.05) is 0 Å². The minimum Gasteiger partial charge on any atom is -0.310 e. The Hall–Kier alpha value is -0.430. The number of rotatable bonds is 7. The zero-order valence-electron chi connectivity index (χ0n) is 11.4. The molecular weight excluding hydrogens is 268 g/mol. The molecule has 0 aliphatic heterocycles. The van der Waals surface area contributed by atoms with E-state index in [1.165, 1.54) is 11.3 Å². The molecule has 1 atom stereocenters. The SMILES string of the molecule is CCC(C)NS(=O)(=O)c1cc(CNC(C)C)cs1. The van der Waals surface area contributed by atoms with Gasteiger partial charge in [0.1, 0.15) is 4.21 Å². The summed E-state index contributed by atoms with van der Waals surface area (Å²) in [5.41, 5.74) is 1.01. The van der Waals surface area contributed by atoms with Gasteiger partial charge in [-0.15, -0.1) is 11.3 Å². The molecule has 1 aromatic heterocycles. The van der Waals surface area contributed by atoms with Crippen molar-refractivity contribution in [1.29, 1.82) is 0 Å². The number of hydrogen-bond donors (Lipinski definition) is 2. The number of thiophene rings is 1. The molecule has 18 heavy (non-hydrogen) atoms. The van der Waals surface area contributed by atoms with Gasteiger partial charge in [0.15, 0.2) is 0 Å². The Labute approximate surface area is 114 Å². The molecule has 0 aliphatic carbocycles. The van der Waals surface area contributed by atoms with Gasteiger partial charge in [-0.3, -0.25) is 0 Å². The highest BCUT2D eigenvalue weighted by Gasteiger charge is 2.18. The summed E-state index contributed by atoms with van der Waals surface area (Å²) in [5.74, 6) is 0. The molecule has 0 fully saturated rings. The Balaban J connectivity index is 2.72. The predicted molar refractivity (Wildman–Crippen MR) is 76.4 cm³/mol. The molecule has 1 heterocycles. The Morgan fingerprint density at radius 1 is 1.33 bits per heavy atom. The van der Waals surface area contributed by atoms with E-state index in [-0.39, 0.29) is 6.04 Å². The molecule has 2 N–H and O–H groups in total. The van der Waals surface area contributed by atoms with E-state index in [1.807, 2.05) is 19.2 Å². The van der Waals surface area contributed by atoms with Crippen molar-refractivity contribution in [2.45, 2.75) is 57.0 Å². The molecule has 0 aromatic carbocycles. The van der Waals surface area contributed by atoms with E-state index in [4.69, 9.17) is 0 Å². The third-order valence-corrected chi connectivity index (χ3v) is 5.66. The fraction of sp³-hybridized carbons (Fsp3) is 0.667. The molecule has 1 aromatic rings. The second-order valence-corrected chi connectivity index (χ2v) is 7.59. The first-order valence-electron chi connectivity index (χ1n) is 6.18. The third kappa shape index (κ3) is 4.68. The molecule has 0 bridgehead atoms. The van der Waals surface area contributed by atoms with Crippen molar-refractivity contribution in [3.63, 3.8) is 0 Å². The van der Waals surface area contributed by atoms with E-state index < -0.39 is 10.0 Å². The lowest BCUT2D eigenvalue weighted by Gasteiger charge is -2.10. The molecule has 0 radical (unpaired) electrons. The molecule has 1 unspecified atom stereocenters. The fourth-order valence-electron chi connectivity index (χ4n) is 1.32. The zero-order chi connectivity index (χ0) is 13.8. The van der Waals surface area contributed by atoms with Gasteiger partial charge < -0.3 is 5.32 Å². The van der Waals surface area contributed by atoms with Crippen LogP contribution in [0.25, 0.3) is 0 Å². The minimum atomic E-state index is -3.35. The van der Waals surface area contributed by atoms with Crippen LogP contribution in [0.2, 0.25) is 0 Å². The molecule has 0 spiro atoms. The normalized spacial score (nSPS) is 14.1. The van der Waals surface area contributed by atoms with Crippen LogP contribution in [0, 0.1) is 0 Å². The fourth-order valence-corrected chi connectivity index (χ4v) is 3.87. The van der Waals surface area contributed by atoms with Gasteiger partial charge in [0.05, 0.1) is 0 Å². The Morgan fingerprint density at radius 3 is 2.56 bits per heavy atom. The maximum atomic E-state index is 12.0. The lowest BCUT2D eigenvalue weighted by Crippen LogP contribution is -2.31. The molecule has 4 nitrogen and oxygen atoms in total. The van der Waals surface area contributed by atoms with Gasteiger partial charge >= 0.3 is 0 Å². The number of hydrogen-bond acceptors (Lipinski definition) is 4. The van der Waals surface area contributed by atoms with Gasteiger partial charge in [0.2, 0.25) is 10.0 Å². The molecule has 104 valence electrons. The van der Waals surface area contributed by atoms with Crippen LogP contribution in [0.15, 0.2) is 15.7 Å². The highest BCUT2D eigenvalue weighted by molar-refractivity contribution is 7.91. The Morgan fingerprint density at radius 2 is 2.00 bits per heavy atom. The van der Waals surface area contributed by atoms with E-state index in [0.717, 1.165) is 12.0 Å². The second-order valence-electron chi connectivity index (χ2n) is 4.74. The highest BCUT2D eigenvalue weighted by Crippen LogP contribution is 2.20. The third-order valence-electron chi connectivity index (χ3n) is 2.58. The van der Waals surface area contributed by atoms with E-state index in [9.17, 15) is 8.42 Å². The Bertz CT molecular complexity index is 466. The van der Waals surface area contributed by atoms with Crippen molar-refractivity contribution in [2.24, 2.45) is 0 Å². The van der Waals surface area contributed by atoms with Crippen LogP contribution < -0.4 is 10.0 Å². The summed E-state index contributed by atoms with van der Waals surface area (Å²) in [6.45, 7) is 8.65. The van der Waals surface area contributed by atoms with Crippen LogP contribution >= 0.6 is 11.3 Å². The molecule has 0 amide bonds. The van der Waals surface area contributed by atoms with Crippen LogP contribution in [0.3, 0.4) is 0 Å². The number of nitrogens with one attached hydrogen (secondary N) is 2. The van der Waals surface area contributed by atoms with Crippen molar-refractivity contribution >= 4 is 21.4 Å². The first-order chi connectivity index (χ1) is 8.35. The first-order valence-corrected chi connectivity index (χ1v) is 8.54. The van der Waals surface area contributed by atoms with Gasteiger partial charge in [-0.25, -0.2) is 13.1 Å². The lowest BCUT2D eigenvalue weighted by atomic mass is 10.3. The molecule has 0 aliphatic rings. The smallest absolute Gasteiger partial charge is 0.250 e. The second kappa shape index (κ2) is 6.65. The summed E-state index contributed by atoms with van der Waals surface area (Å²) in [7, 11) is -3.35. The summed E-state index contributed by atoms with van der Waals surface area (Å²) in [6, 6.07) is 2.10. The van der Waals surface area contributed by atoms with Crippen molar-refractivity contribution in [1.82, 2.24) is 10.0 Å². The minimum absolute atomic E-state index is 0.0330. The summed E-state index contributed by atoms with van der Waals surface area (Å²) >= 11 is 1.27. The van der Waals surface area contributed by atoms with Crippen molar-refractivity contribution in [3.05, 3.63) is 17.0 Å². The van der Waals surface area contributed by atoms with Gasteiger partial charge in [-0.2, -0.15) is 0 Å². The van der Waals surface area contributed by atoms with Crippen LogP contribution in [0.4, 0.5) is 0 Å². The molecule has 0 saturated carbocycles. The zero-order valence-corrected chi connectivity index (χ0v) is 13.0. The summed E-state index contributed by atoms with van der Waals surface area (Å²) < 4.78 is 27.1. The van der Waals surface area contributed by atoms with Crippen molar-refractivity contribution < 1.29 is 8.42 Å². The van der Waals surface area contributed by atoms with Gasteiger partial charge in [-0.1, -0.05) is 20.8 Å². The topological polar surface area (TPSA) is 58.2 Å². The molecule has 0 saturated heterocycles.